The van der Waals surface area contributed by atoms with Gasteiger partial charge in [0.15, 0.2) is 43.4 Å². The van der Waals surface area contributed by atoms with Crippen LogP contribution >= 0.6 is 0 Å². The lowest BCUT2D eigenvalue weighted by molar-refractivity contribution is 0.418. The summed E-state index contributed by atoms with van der Waals surface area (Å²) in [6.45, 7) is 27.7. The highest BCUT2D eigenvalue weighted by atomic mass is 16.1. The Morgan fingerprint density at radius 1 is 0.263 bits per heavy atom. The predicted molar refractivity (Wildman–Crippen MR) is 503 cm³/mol. The Balaban J connectivity index is 0.000000211. The third-order valence-electron chi connectivity index (χ3n) is 23.7. The summed E-state index contributed by atoms with van der Waals surface area (Å²) in [4.78, 5) is 95.0. The van der Waals surface area contributed by atoms with Gasteiger partial charge in [0.2, 0.25) is 0 Å². The summed E-state index contributed by atoms with van der Waals surface area (Å²) in [5.74, 6) is 2.80. The predicted octanol–water partition coefficient (Wildman–Crippen LogP) is 26.5. The van der Waals surface area contributed by atoms with Gasteiger partial charge in [-0.2, -0.15) is 0 Å². The van der Waals surface area contributed by atoms with Gasteiger partial charge < -0.3 is 0 Å². The summed E-state index contributed by atoms with van der Waals surface area (Å²) >= 11 is 0. The first-order valence-corrected chi connectivity index (χ1v) is 44.7. The normalized spacial score (nSPS) is 13.7. The smallest absolute Gasteiger partial charge is 0.189 e. The quantitative estimate of drug-likeness (QED) is 0.0649. The molecule has 0 radical (unpaired) electrons. The first-order chi connectivity index (χ1) is 56.9. The minimum atomic E-state index is 0.105. The summed E-state index contributed by atoms with van der Waals surface area (Å²) in [6.07, 6.45) is 35.6. The van der Waals surface area contributed by atoms with Gasteiger partial charge in [0.25, 0.3) is 0 Å². The van der Waals surface area contributed by atoms with E-state index in [0.717, 1.165) is 114 Å². The molecule has 0 heterocycles. The summed E-state index contributed by atoms with van der Waals surface area (Å²) < 4.78 is 0. The number of aryl methyl sites for hydroxylation is 10. The third kappa shape index (κ3) is 33.3. The van der Waals surface area contributed by atoms with Crippen molar-refractivity contribution in [3.63, 3.8) is 0 Å². The number of benzene rings is 1. The van der Waals surface area contributed by atoms with E-state index in [0.29, 0.717) is 35.5 Å². The highest BCUT2D eigenvalue weighted by Gasteiger charge is 2.26. The van der Waals surface area contributed by atoms with Crippen LogP contribution < -0.4 is 43.4 Å². The Morgan fingerprint density at radius 2 is 0.551 bits per heavy atom. The van der Waals surface area contributed by atoms with Crippen LogP contribution in [-0.2, 0) is 6.42 Å². The fourth-order valence-electron chi connectivity index (χ4n) is 15.3. The first kappa shape index (κ1) is 97.2. The summed E-state index contributed by atoms with van der Waals surface area (Å²) in [7, 11) is 0. The molecule has 0 amide bonds. The summed E-state index contributed by atoms with van der Waals surface area (Å²) in [5.41, 5.74) is 18.4. The van der Waals surface area contributed by atoms with Crippen molar-refractivity contribution in [2.24, 2.45) is 0 Å². The van der Waals surface area contributed by atoms with Crippen molar-refractivity contribution in [1.29, 1.82) is 0 Å². The van der Waals surface area contributed by atoms with E-state index >= 15 is 0 Å². The molecule has 8 nitrogen and oxygen atoms in total. The second-order valence-corrected chi connectivity index (χ2v) is 33.7. The Labute approximate surface area is 708 Å². The molecule has 0 bridgehead atoms. The maximum absolute atomic E-state index is 12.1. The molecule has 9 aromatic rings. The van der Waals surface area contributed by atoms with Gasteiger partial charge in [-0.3, -0.25) is 38.4 Å². The third-order valence-corrected chi connectivity index (χ3v) is 23.7. The lowest BCUT2D eigenvalue weighted by Gasteiger charge is -2.24. The van der Waals surface area contributed by atoms with E-state index in [4.69, 9.17) is 0 Å². The molecule has 4 aliphatic carbocycles. The van der Waals surface area contributed by atoms with E-state index in [2.05, 4.69) is 20.8 Å². The van der Waals surface area contributed by atoms with Gasteiger partial charge >= 0.3 is 0 Å². The van der Waals surface area contributed by atoms with Crippen LogP contribution in [0.25, 0.3) is 11.1 Å². The zero-order valence-corrected chi connectivity index (χ0v) is 74.3. The van der Waals surface area contributed by atoms with Crippen LogP contribution in [-0.4, -0.2) is 0 Å². The highest BCUT2D eigenvalue weighted by Crippen LogP contribution is 2.38. The minimum absolute atomic E-state index is 0.105. The van der Waals surface area contributed by atoms with Crippen molar-refractivity contribution in [2.45, 2.75) is 312 Å². The molecule has 0 N–H and O–H groups in total. The van der Waals surface area contributed by atoms with Crippen molar-refractivity contribution in [3.05, 3.63) is 389 Å². The molecule has 1 atom stereocenters. The van der Waals surface area contributed by atoms with E-state index in [1.54, 1.807) is 0 Å². The van der Waals surface area contributed by atoms with Crippen molar-refractivity contribution in [2.75, 3.05) is 0 Å². The molecule has 4 saturated carbocycles. The Morgan fingerprint density at radius 3 is 0.907 bits per heavy atom. The Kier molecular flexibility index (Phi) is 44.2. The van der Waals surface area contributed by atoms with Gasteiger partial charge in [0.1, 0.15) is 0 Å². The van der Waals surface area contributed by atoms with Gasteiger partial charge in [-0.1, -0.05) is 368 Å². The van der Waals surface area contributed by atoms with E-state index in [-0.39, 0.29) is 43.4 Å². The number of hydrogen-bond donors (Lipinski definition) is 0. The molecule has 0 aromatic heterocycles. The molecule has 0 spiro atoms. The molecule has 9 aromatic carbocycles. The minimum Gasteiger partial charge on any atom is -0.289 e. The fraction of sp³-hybridized carbons (Fsp3) is 0.436. The van der Waals surface area contributed by atoms with Crippen molar-refractivity contribution in [1.82, 2.24) is 0 Å². The molecule has 4 fully saturated rings. The Hall–Kier alpha value is -9.66. The van der Waals surface area contributed by atoms with Gasteiger partial charge in [-0.25, -0.2) is 0 Å². The highest BCUT2D eigenvalue weighted by molar-refractivity contribution is 5.63. The number of rotatable bonds is 21. The summed E-state index contributed by atoms with van der Waals surface area (Å²) in [6, 6.07) is 69.9. The molecule has 13 rings (SSSR count). The van der Waals surface area contributed by atoms with Crippen LogP contribution in [0.15, 0.2) is 257 Å². The van der Waals surface area contributed by atoms with Gasteiger partial charge in [-0.15, -0.1) is 0 Å². The second kappa shape index (κ2) is 53.7. The molecule has 118 heavy (non-hydrogen) atoms. The fourth-order valence-corrected chi connectivity index (χ4v) is 15.3. The molecule has 1 unspecified atom stereocenters. The molecule has 4 aliphatic rings. The maximum atomic E-state index is 12.1. The van der Waals surface area contributed by atoms with Gasteiger partial charge in [0.05, 0.1) is 0 Å². The van der Waals surface area contributed by atoms with E-state index in [1.165, 1.54) is 166 Å². The largest absolute Gasteiger partial charge is 0.289 e. The van der Waals surface area contributed by atoms with Crippen LogP contribution in [0.5, 0.6) is 0 Å². The van der Waals surface area contributed by atoms with Crippen LogP contribution in [0.3, 0.4) is 0 Å². The molecule has 0 saturated heterocycles. The standard InChI is InChI=1S/C22H36O.C15H14O.C14H18O.C13H16O.C12H14O.C12H16O.C11H12O.C11H14O/c1-3-4-5-6-7-8-9-10-11-12-13-14-18-21-19-16-15-17-20(2)22(21)23;1-11-7-9-13(10-8-11)14-6-4-3-5-12(2)15(14)16;1-11-7-5-6-10-13(14(11)15)12-8-3-2-4-9-12;1-10-6-2-5-9-12(13(10)14)11-7-3-4-8-11;1-9-5-2-3-8-11(12(9)13)10-6-4-7-10;1-4-9(2)11-8-6-5-7-10(3)12(11)13;1-8-4-2-3-5-10(11(8)12)9-6-7-9;1-8(2)10-7-5-4-6-9(3)11(10)12/h15-17,19H,3-14,18H2,1-2H3;3-10H,1-2H3;5-7,10,12H,2-4,8-9H2,1H3;2,5-6,9,11H,3-4,7-8H2,1H3;2-3,5,8,10H,4,6-7H2,1H3;5-9H,4H2,1-3H3;2-5,9H,6-7H2,1H3;4-8H,1-3H3. The van der Waals surface area contributed by atoms with Crippen LogP contribution in [0.2, 0.25) is 0 Å². The zero-order chi connectivity index (χ0) is 85.7. The van der Waals surface area contributed by atoms with Crippen LogP contribution in [0.4, 0.5) is 0 Å². The van der Waals surface area contributed by atoms with Crippen molar-refractivity contribution < 1.29 is 0 Å². The van der Waals surface area contributed by atoms with Crippen LogP contribution in [0.1, 0.15) is 333 Å². The number of unbranched alkanes of at least 4 members (excludes halogenated alkanes) is 11. The maximum Gasteiger partial charge on any atom is 0.189 e. The van der Waals surface area contributed by atoms with Crippen LogP contribution in [0, 0.1) is 62.3 Å². The average Bonchev–Trinajstić information content (AvgIpc) is 1.60. The Bertz CT molecular complexity index is 4940. The molecule has 628 valence electrons. The number of hydrogen-bond acceptors (Lipinski definition) is 8. The second-order valence-electron chi connectivity index (χ2n) is 33.7. The topological polar surface area (TPSA) is 137 Å². The van der Waals surface area contributed by atoms with Crippen molar-refractivity contribution >= 4 is 0 Å². The molecular weight excluding hydrogens is 1450 g/mol. The molecular formula is C110H140O8. The zero-order valence-electron chi connectivity index (χ0n) is 74.3. The van der Waals surface area contributed by atoms with E-state index in [9.17, 15) is 38.4 Å². The lowest BCUT2D eigenvalue weighted by atomic mass is 9.80. The SMILES string of the molecule is CCC(C)c1ccccc(C)c1=O.CCCCCCCCCCCCCCc1ccccc(C)c1=O.Cc1ccc(-c2ccccc(C)c2=O)cc1.Cc1ccccc(C(C)C)c1=O.Cc1ccccc(C2CC2)c1=O.Cc1ccccc(C2CCC2)c1=O.Cc1ccccc(C2CCCC2)c1=O.Cc1ccccc(C2CCCCC2)c1=O. The molecule has 8 heteroatoms. The van der Waals surface area contributed by atoms with E-state index in [1.807, 2.05) is 295 Å². The van der Waals surface area contributed by atoms with Gasteiger partial charge in [-0.05, 0) is 224 Å². The molecule has 0 aliphatic heterocycles. The van der Waals surface area contributed by atoms with E-state index < -0.39 is 0 Å². The lowest BCUT2D eigenvalue weighted by Crippen LogP contribution is -2.18. The monoisotopic (exact) mass is 1590 g/mol. The van der Waals surface area contributed by atoms with Gasteiger partial charge in [0, 0.05) is 38.9 Å². The summed E-state index contributed by atoms with van der Waals surface area (Å²) in [5, 5.41) is 0. The first-order valence-electron chi connectivity index (χ1n) is 44.7. The van der Waals surface area contributed by atoms with Crippen molar-refractivity contribution in [3.8, 4) is 11.1 Å². The average molecular weight is 1590 g/mol.